The Kier molecular flexibility index (Phi) is 5.77. The minimum absolute atomic E-state index is 0.315. The second-order valence-electron chi connectivity index (χ2n) is 2.12. The average molecular weight is 174 g/mol. The van der Waals surface area contributed by atoms with Crippen molar-refractivity contribution < 1.29 is 19.4 Å². The Bertz CT molecular complexity index is 157. The van der Waals surface area contributed by atoms with Gasteiger partial charge in [-0.2, -0.15) is 0 Å². The van der Waals surface area contributed by atoms with Crippen molar-refractivity contribution in [1.82, 2.24) is 5.32 Å². The fourth-order valence-electron chi connectivity index (χ4n) is 0.472. The van der Waals surface area contributed by atoms with E-state index < -0.39 is 12.1 Å². The maximum absolute atomic E-state index is 10.6. The monoisotopic (exact) mass is 174 g/mol. The minimum atomic E-state index is -1.21. The van der Waals surface area contributed by atoms with Crippen LogP contribution in [0.5, 0.6) is 0 Å². The zero-order valence-electron chi connectivity index (χ0n) is 6.87. The van der Waals surface area contributed by atoms with Crippen LogP contribution in [-0.2, 0) is 9.53 Å². The van der Waals surface area contributed by atoms with Crippen LogP contribution in [0.1, 0.15) is 19.8 Å². The molecule has 0 heterocycles. The van der Waals surface area contributed by atoms with Crippen molar-refractivity contribution in [1.29, 1.82) is 0 Å². The number of alkyl carbamates (subject to hydrolysis) is 1. The van der Waals surface area contributed by atoms with Crippen LogP contribution in [-0.4, -0.2) is 23.8 Å². The highest BCUT2D eigenvalue weighted by molar-refractivity contribution is 5.81. The fourth-order valence-corrected chi connectivity index (χ4v) is 0.472. The van der Waals surface area contributed by atoms with E-state index in [0.717, 1.165) is 12.8 Å². The molecule has 1 radical (unpaired) electrons. The molecule has 0 saturated carbocycles. The van der Waals surface area contributed by atoms with E-state index in [1.807, 2.05) is 12.2 Å². The van der Waals surface area contributed by atoms with Crippen molar-refractivity contribution in [2.24, 2.45) is 0 Å². The number of carbonyl (C=O) groups excluding carboxylic acids is 1. The first-order chi connectivity index (χ1) is 5.66. The molecule has 0 spiro atoms. The summed E-state index contributed by atoms with van der Waals surface area (Å²) in [4.78, 5) is 20.5. The number of hydrogen-bond donors (Lipinski definition) is 2. The molecule has 0 aromatic rings. The van der Waals surface area contributed by atoms with Gasteiger partial charge in [0.25, 0.3) is 0 Å². The van der Waals surface area contributed by atoms with E-state index in [9.17, 15) is 9.59 Å². The number of carboxylic acids is 1. The molecule has 12 heavy (non-hydrogen) atoms. The van der Waals surface area contributed by atoms with Crippen LogP contribution in [0.2, 0.25) is 0 Å². The number of unbranched alkanes of at least 4 members (excludes halogenated alkanes) is 1. The molecule has 0 saturated heterocycles. The molecule has 0 aliphatic rings. The number of carboxylic acid groups (broad SMARTS) is 1. The average Bonchev–Trinajstić information content (AvgIpc) is 2.01. The summed E-state index contributed by atoms with van der Waals surface area (Å²) in [6.45, 7) is 2.91. The van der Waals surface area contributed by atoms with Crippen molar-refractivity contribution >= 4 is 12.1 Å². The van der Waals surface area contributed by atoms with Gasteiger partial charge in [-0.25, -0.2) is 9.59 Å². The summed E-state index contributed by atoms with van der Waals surface area (Å²) >= 11 is 0. The van der Waals surface area contributed by atoms with Crippen LogP contribution in [0, 0.1) is 6.54 Å². The first-order valence-corrected chi connectivity index (χ1v) is 3.66. The van der Waals surface area contributed by atoms with Crippen molar-refractivity contribution in [3.63, 3.8) is 0 Å². The molecule has 0 aliphatic heterocycles. The van der Waals surface area contributed by atoms with Gasteiger partial charge in [-0.15, -0.1) is 0 Å². The van der Waals surface area contributed by atoms with E-state index in [1.54, 1.807) is 0 Å². The van der Waals surface area contributed by atoms with Crippen LogP contribution >= 0.6 is 0 Å². The molecule has 0 bridgehead atoms. The Balaban J connectivity index is 3.28. The maximum Gasteiger partial charge on any atom is 0.407 e. The summed E-state index contributed by atoms with van der Waals surface area (Å²) in [6.07, 6.45) is 0.974. The lowest BCUT2D eigenvalue weighted by Gasteiger charge is -2.02. The lowest BCUT2D eigenvalue weighted by atomic mass is 10.4. The van der Waals surface area contributed by atoms with E-state index >= 15 is 0 Å². The van der Waals surface area contributed by atoms with Crippen molar-refractivity contribution in [3.8, 4) is 0 Å². The number of rotatable bonds is 5. The highest BCUT2D eigenvalue weighted by Gasteiger charge is 2.03. The zero-order valence-corrected chi connectivity index (χ0v) is 6.87. The number of carbonyl (C=O) groups is 2. The molecular formula is C7H12NO4. The summed E-state index contributed by atoms with van der Waals surface area (Å²) in [6, 6.07) is 0. The van der Waals surface area contributed by atoms with Crippen LogP contribution < -0.4 is 5.32 Å². The van der Waals surface area contributed by atoms with Crippen LogP contribution in [0.4, 0.5) is 4.79 Å². The predicted molar refractivity (Wildman–Crippen MR) is 41.3 cm³/mol. The maximum atomic E-state index is 10.6. The molecule has 69 valence electrons. The largest absolute Gasteiger partial charge is 0.480 e. The summed E-state index contributed by atoms with van der Waals surface area (Å²) in [7, 11) is 0. The normalized spacial score (nSPS) is 9.08. The van der Waals surface area contributed by atoms with E-state index in [-0.39, 0.29) is 0 Å². The van der Waals surface area contributed by atoms with Gasteiger partial charge in [0, 0.05) is 0 Å². The van der Waals surface area contributed by atoms with E-state index in [0.29, 0.717) is 13.2 Å². The summed E-state index contributed by atoms with van der Waals surface area (Å²) < 4.78 is 4.59. The van der Waals surface area contributed by atoms with Gasteiger partial charge in [-0.3, -0.25) is 0 Å². The molecular weight excluding hydrogens is 162 g/mol. The molecule has 0 fully saturated rings. The molecule has 2 N–H and O–H groups in total. The predicted octanol–water partition coefficient (Wildman–Crippen LogP) is 0.759. The molecule has 0 rings (SSSR count). The molecule has 0 aromatic carbocycles. The van der Waals surface area contributed by atoms with Gasteiger partial charge in [0.15, 0.2) is 6.54 Å². The molecule has 0 aromatic heterocycles. The van der Waals surface area contributed by atoms with E-state index in [1.165, 1.54) is 0 Å². The summed E-state index contributed by atoms with van der Waals surface area (Å²) in [5, 5.41) is 10.1. The summed E-state index contributed by atoms with van der Waals surface area (Å²) in [5.74, 6) is -1.21. The lowest BCUT2D eigenvalue weighted by molar-refractivity contribution is -0.133. The Morgan fingerprint density at radius 3 is 2.75 bits per heavy atom. The third-order valence-electron chi connectivity index (χ3n) is 1.04. The summed E-state index contributed by atoms with van der Waals surface area (Å²) in [5.41, 5.74) is 0. The quantitative estimate of drug-likeness (QED) is 0.603. The number of amides is 1. The van der Waals surface area contributed by atoms with Gasteiger partial charge in [-0.1, -0.05) is 13.3 Å². The van der Waals surface area contributed by atoms with Crippen molar-refractivity contribution in [2.45, 2.75) is 19.8 Å². The highest BCUT2D eigenvalue weighted by Crippen LogP contribution is 1.88. The van der Waals surface area contributed by atoms with Crippen LogP contribution in [0.25, 0.3) is 0 Å². The van der Waals surface area contributed by atoms with Gasteiger partial charge in [-0.05, 0) is 6.42 Å². The first kappa shape index (κ1) is 10.7. The molecule has 5 heteroatoms. The minimum Gasteiger partial charge on any atom is -0.480 e. The number of hydrogen-bond acceptors (Lipinski definition) is 3. The number of ether oxygens (including phenoxy) is 1. The Labute approximate surface area is 70.7 Å². The standard InChI is InChI=1S/C7H12NO4/c1-2-3-4-12-7(11)8-5-6(9)10/h5H,2-4H2,1H3,(H,8,11)(H,9,10). The van der Waals surface area contributed by atoms with Gasteiger partial charge in [0.1, 0.15) is 0 Å². The highest BCUT2D eigenvalue weighted by atomic mass is 16.5. The van der Waals surface area contributed by atoms with E-state index in [4.69, 9.17) is 5.11 Å². The van der Waals surface area contributed by atoms with Crippen molar-refractivity contribution in [2.75, 3.05) is 6.61 Å². The number of aliphatic carboxylic acids is 1. The lowest BCUT2D eigenvalue weighted by Crippen LogP contribution is -2.25. The topological polar surface area (TPSA) is 75.6 Å². The number of nitrogens with one attached hydrogen (secondary N) is 1. The smallest absolute Gasteiger partial charge is 0.407 e. The molecule has 0 aliphatic carbocycles. The Morgan fingerprint density at radius 1 is 1.58 bits per heavy atom. The Morgan fingerprint density at radius 2 is 2.25 bits per heavy atom. The van der Waals surface area contributed by atoms with Gasteiger partial charge in [0.05, 0.1) is 6.61 Å². The van der Waals surface area contributed by atoms with Crippen LogP contribution in [0.3, 0.4) is 0 Å². The van der Waals surface area contributed by atoms with Gasteiger partial charge in [0.2, 0.25) is 0 Å². The van der Waals surface area contributed by atoms with Gasteiger partial charge < -0.3 is 15.2 Å². The fraction of sp³-hybridized carbons (Fsp3) is 0.571. The second-order valence-corrected chi connectivity index (χ2v) is 2.12. The third kappa shape index (κ3) is 6.85. The first-order valence-electron chi connectivity index (χ1n) is 3.66. The molecule has 1 amide bonds. The van der Waals surface area contributed by atoms with E-state index in [2.05, 4.69) is 4.74 Å². The SMILES string of the molecule is CCCCOC(=O)N[CH]C(=O)O. The molecule has 0 unspecified atom stereocenters. The van der Waals surface area contributed by atoms with Crippen molar-refractivity contribution in [3.05, 3.63) is 6.54 Å². The Hall–Kier alpha value is -1.26. The zero-order chi connectivity index (χ0) is 9.40. The molecule has 5 nitrogen and oxygen atoms in total. The second kappa shape index (κ2) is 6.45. The van der Waals surface area contributed by atoms with Crippen LogP contribution in [0.15, 0.2) is 0 Å². The molecule has 0 atom stereocenters. The van der Waals surface area contributed by atoms with Gasteiger partial charge >= 0.3 is 12.1 Å². The third-order valence-corrected chi connectivity index (χ3v) is 1.04.